The van der Waals surface area contributed by atoms with Gasteiger partial charge in [-0.05, 0) is 18.2 Å². The number of hydrogen-bond acceptors (Lipinski definition) is 3. The van der Waals surface area contributed by atoms with Gasteiger partial charge in [-0.2, -0.15) is 0 Å². The van der Waals surface area contributed by atoms with Gasteiger partial charge >= 0.3 is 0 Å². The highest BCUT2D eigenvalue weighted by atomic mass is 79.9. The number of rotatable bonds is 3. The van der Waals surface area contributed by atoms with Crippen molar-refractivity contribution in [1.29, 1.82) is 0 Å². The Labute approximate surface area is 124 Å². The molecule has 2 N–H and O–H groups in total. The van der Waals surface area contributed by atoms with Gasteiger partial charge in [0.1, 0.15) is 24.1 Å². The molecule has 0 saturated carbocycles. The molecule has 1 aromatic rings. The molecule has 0 aliphatic rings. The third-order valence-electron chi connectivity index (χ3n) is 2.32. The Morgan fingerprint density at radius 1 is 1.53 bits per heavy atom. The van der Waals surface area contributed by atoms with Crippen molar-refractivity contribution in [2.24, 2.45) is 0 Å². The van der Waals surface area contributed by atoms with Crippen molar-refractivity contribution in [2.75, 3.05) is 27.7 Å². The first-order valence-corrected chi connectivity index (χ1v) is 5.45. The number of hydrogen-bond donors (Lipinski definition) is 2. The Balaban J connectivity index is 0. The highest BCUT2D eigenvalue weighted by Crippen LogP contribution is 2.22. The molecular formula is C13H21BrN2O3. The van der Waals surface area contributed by atoms with Gasteiger partial charge in [0, 0.05) is 13.1 Å². The van der Waals surface area contributed by atoms with Gasteiger partial charge in [0.2, 0.25) is 0 Å². The van der Waals surface area contributed by atoms with Crippen LogP contribution in [0.5, 0.6) is 5.75 Å². The molecule has 0 heterocycles. The molecule has 0 unspecified atom stereocenters. The predicted octanol–water partition coefficient (Wildman–Crippen LogP) is 1.27. The smallest absolute Gasteiger partial charge is 0.136 e. The van der Waals surface area contributed by atoms with Crippen molar-refractivity contribution < 1.29 is 15.0 Å². The SMILES string of the molecule is Br.C=CC[N+](C)(C)c1cccc(O)c1.CNC(=O)[O-]. The summed E-state index contributed by atoms with van der Waals surface area (Å²) < 4.78 is 0.706. The van der Waals surface area contributed by atoms with Crippen molar-refractivity contribution >= 4 is 28.8 Å². The van der Waals surface area contributed by atoms with Crippen LogP contribution in [0, 0.1) is 0 Å². The molecule has 108 valence electrons. The number of amides is 1. The van der Waals surface area contributed by atoms with E-state index >= 15 is 0 Å². The van der Waals surface area contributed by atoms with Crippen molar-refractivity contribution in [3.05, 3.63) is 36.9 Å². The molecule has 0 atom stereocenters. The third-order valence-corrected chi connectivity index (χ3v) is 2.32. The molecule has 1 amide bonds. The largest absolute Gasteiger partial charge is 0.530 e. The van der Waals surface area contributed by atoms with Crippen molar-refractivity contribution in [1.82, 2.24) is 9.80 Å². The summed E-state index contributed by atoms with van der Waals surface area (Å²) in [6.45, 7) is 4.57. The van der Waals surface area contributed by atoms with E-state index in [1.165, 1.54) is 7.05 Å². The summed E-state index contributed by atoms with van der Waals surface area (Å²) in [6, 6.07) is 7.32. The topological polar surface area (TPSA) is 72.4 Å². The average molecular weight is 333 g/mol. The summed E-state index contributed by atoms with van der Waals surface area (Å²) in [5.74, 6) is 0.313. The average Bonchev–Trinajstić information content (AvgIpc) is 2.29. The van der Waals surface area contributed by atoms with E-state index in [4.69, 9.17) is 9.90 Å². The molecule has 1 aromatic carbocycles. The fourth-order valence-electron chi connectivity index (χ4n) is 1.30. The van der Waals surface area contributed by atoms with Crippen LogP contribution in [0.4, 0.5) is 10.5 Å². The Hall–Kier alpha value is -1.53. The Morgan fingerprint density at radius 2 is 2.05 bits per heavy atom. The molecule has 1 rings (SSSR count). The van der Waals surface area contributed by atoms with Crippen LogP contribution in [-0.2, 0) is 0 Å². The normalized spacial score (nSPS) is 9.42. The van der Waals surface area contributed by atoms with Crippen molar-refractivity contribution in [3.8, 4) is 5.75 Å². The third kappa shape index (κ3) is 8.23. The maximum atomic E-state index is 9.31. The highest BCUT2D eigenvalue weighted by Gasteiger charge is 2.16. The second-order valence-corrected chi connectivity index (χ2v) is 4.21. The van der Waals surface area contributed by atoms with Crippen LogP contribution >= 0.6 is 17.0 Å². The minimum atomic E-state index is -1.25. The molecule has 6 heteroatoms. The van der Waals surface area contributed by atoms with Gasteiger partial charge in [-0.25, -0.2) is 0 Å². The fourth-order valence-corrected chi connectivity index (χ4v) is 1.30. The Kier molecular flexibility index (Phi) is 9.80. The molecule has 0 bridgehead atoms. The molecule has 0 aliphatic carbocycles. The van der Waals surface area contributed by atoms with Crippen LogP contribution in [0.1, 0.15) is 0 Å². The van der Waals surface area contributed by atoms with E-state index in [2.05, 4.69) is 20.7 Å². The maximum Gasteiger partial charge on any atom is 0.136 e. The lowest BCUT2D eigenvalue weighted by Crippen LogP contribution is -2.40. The number of aromatic hydroxyl groups is 1. The Morgan fingerprint density at radius 3 is 2.42 bits per heavy atom. The van der Waals surface area contributed by atoms with E-state index in [9.17, 15) is 5.11 Å². The highest BCUT2D eigenvalue weighted by molar-refractivity contribution is 8.93. The van der Waals surface area contributed by atoms with Crippen LogP contribution < -0.4 is 14.9 Å². The number of carbonyl (C=O) groups is 1. The molecule has 0 saturated heterocycles. The minimum absolute atomic E-state index is 0. The lowest BCUT2D eigenvalue weighted by atomic mass is 10.2. The molecular weight excluding hydrogens is 312 g/mol. The molecule has 0 spiro atoms. The number of carboxylic acid groups (broad SMARTS) is 1. The summed E-state index contributed by atoms with van der Waals surface area (Å²) in [4.78, 5) is 9.15. The van der Waals surface area contributed by atoms with Crippen LogP contribution in [0.3, 0.4) is 0 Å². The van der Waals surface area contributed by atoms with Gasteiger partial charge in [-0.1, -0.05) is 12.6 Å². The van der Waals surface area contributed by atoms with Gasteiger partial charge in [0.25, 0.3) is 0 Å². The molecule has 0 fully saturated rings. The summed E-state index contributed by atoms with van der Waals surface area (Å²) in [5.41, 5.74) is 1.08. The van der Waals surface area contributed by atoms with Crippen molar-refractivity contribution in [3.63, 3.8) is 0 Å². The van der Waals surface area contributed by atoms with Gasteiger partial charge < -0.3 is 20.3 Å². The van der Waals surface area contributed by atoms with Gasteiger partial charge in [-0.3, -0.25) is 4.48 Å². The number of halogens is 1. The fraction of sp³-hybridized carbons (Fsp3) is 0.308. The number of quaternary nitrogens is 1. The summed E-state index contributed by atoms with van der Waals surface area (Å²) in [7, 11) is 5.45. The van der Waals surface area contributed by atoms with E-state index in [1.54, 1.807) is 12.1 Å². The molecule has 19 heavy (non-hydrogen) atoms. The zero-order valence-corrected chi connectivity index (χ0v) is 13.1. The van der Waals surface area contributed by atoms with Gasteiger partial charge in [0.15, 0.2) is 0 Å². The zero-order valence-electron chi connectivity index (χ0n) is 11.4. The second kappa shape index (κ2) is 9.41. The number of phenolic OH excluding ortho intramolecular Hbond substituents is 1. The van der Waals surface area contributed by atoms with E-state index in [1.807, 2.05) is 23.5 Å². The lowest BCUT2D eigenvalue weighted by molar-refractivity contribution is -0.250. The first kappa shape index (κ1) is 19.8. The standard InChI is InChI=1S/C11H15NO.C2H5NO2.BrH/c1-4-8-12(2,3)10-6-5-7-11(13)9-10;1-3-2(4)5;/h4-7,9H,1,8H2,2-3H3;3H,1H3,(H,4,5);1H. The lowest BCUT2D eigenvalue weighted by Gasteiger charge is -2.27. The van der Waals surface area contributed by atoms with Gasteiger partial charge in [-0.15, -0.1) is 17.0 Å². The summed E-state index contributed by atoms with van der Waals surface area (Å²) >= 11 is 0. The van der Waals surface area contributed by atoms with Crippen molar-refractivity contribution in [2.45, 2.75) is 0 Å². The van der Waals surface area contributed by atoms with E-state index in [0.717, 1.165) is 12.2 Å². The quantitative estimate of drug-likeness (QED) is 0.646. The van der Waals surface area contributed by atoms with Crippen LogP contribution in [0.15, 0.2) is 36.9 Å². The number of nitrogens with one attached hydrogen (secondary N) is 1. The molecule has 5 nitrogen and oxygen atoms in total. The molecule has 0 aliphatic heterocycles. The van der Waals surface area contributed by atoms with E-state index in [0.29, 0.717) is 10.2 Å². The number of phenols is 1. The number of benzene rings is 1. The van der Waals surface area contributed by atoms with Crippen LogP contribution in [0.2, 0.25) is 0 Å². The second-order valence-electron chi connectivity index (χ2n) is 4.21. The summed E-state index contributed by atoms with van der Waals surface area (Å²) in [6.07, 6.45) is 0.634. The maximum absolute atomic E-state index is 9.31. The number of carbonyl (C=O) groups excluding carboxylic acids is 1. The Bertz CT molecular complexity index is 409. The monoisotopic (exact) mass is 332 g/mol. The van der Waals surface area contributed by atoms with Gasteiger partial charge in [0.05, 0.1) is 14.1 Å². The predicted molar refractivity (Wildman–Crippen MR) is 81.6 cm³/mol. The van der Waals surface area contributed by atoms with Crippen LogP contribution in [0.25, 0.3) is 0 Å². The van der Waals surface area contributed by atoms with Crippen LogP contribution in [-0.4, -0.2) is 38.9 Å². The minimum Gasteiger partial charge on any atom is -0.530 e. The zero-order chi connectivity index (χ0) is 14.2. The summed E-state index contributed by atoms with van der Waals surface area (Å²) in [5, 5.41) is 20.3. The number of likely N-dealkylation sites (N-methyl/N-ethyl adjacent to an activating group) is 1. The van der Waals surface area contributed by atoms with E-state index < -0.39 is 6.09 Å². The molecule has 0 radical (unpaired) electrons. The first-order valence-electron chi connectivity index (χ1n) is 5.45. The van der Waals surface area contributed by atoms with E-state index in [-0.39, 0.29) is 17.0 Å². The molecule has 0 aromatic heterocycles. The number of nitrogens with zero attached hydrogens (tertiary/aromatic N) is 1. The first-order chi connectivity index (χ1) is 8.33.